The number of rotatable bonds is 5. The van der Waals surface area contributed by atoms with E-state index < -0.39 is 5.41 Å². The van der Waals surface area contributed by atoms with Crippen LogP contribution in [0.2, 0.25) is 0 Å². The summed E-state index contributed by atoms with van der Waals surface area (Å²) in [7, 11) is 0. The number of pyridine rings is 1. The number of aryl methyl sites for hydroxylation is 1. The smallest absolute Gasteiger partial charge is 0.230 e. The summed E-state index contributed by atoms with van der Waals surface area (Å²) in [6.45, 7) is 2.28. The van der Waals surface area contributed by atoms with E-state index in [1.54, 1.807) is 11.1 Å². The molecule has 1 spiro atoms. The third-order valence-electron chi connectivity index (χ3n) is 5.22. The summed E-state index contributed by atoms with van der Waals surface area (Å²) >= 11 is 0. The Hall–Kier alpha value is -1.95. The third kappa shape index (κ3) is 3.43. The molecule has 6 nitrogen and oxygen atoms in total. The van der Waals surface area contributed by atoms with Crippen LogP contribution < -0.4 is 0 Å². The molecule has 1 atom stereocenters. The predicted octanol–water partition coefficient (Wildman–Crippen LogP) is 0.848. The Morgan fingerprint density at radius 1 is 1.29 bits per heavy atom. The second-order valence-corrected chi connectivity index (χ2v) is 6.79. The number of carbonyl (C=O) groups excluding carboxylic acids is 2. The first-order chi connectivity index (χ1) is 11.6. The number of likely N-dealkylation sites (tertiary alicyclic amines) is 2. The summed E-state index contributed by atoms with van der Waals surface area (Å²) in [5.41, 5.74) is 0.497. The van der Waals surface area contributed by atoms with Crippen LogP contribution in [-0.2, 0) is 16.0 Å². The number of aliphatic hydroxyl groups excluding tert-OH is 1. The molecule has 0 aromatic carbocycles. The first-order valence-electron chi connectivity index (χ1n) is 8.72. The van der Waals surface area contributed by atoms with Crippen LogP contribution in [0.4, 0.5) is 0 Å². The Balaban J connectivity index is 1.58. The van der Waals surface area contributed by atoms with Crippen LogP contribution in [0, 0.1) is 5.41 Å². The van der Waals surface area contributed by atoms with E-state index in [4.69, 9.17) is 5.11 Å². The maximum absolute atomic E-state index is 12.8. The lowest BCUT2D eigenvalue weighted by Crippen LogP contribution is -2.51. The molecule has 2 aliphatic rings. The van der Waals surface area contributed by atoms with Gasteiger partial charge in [-0.3, -0.25) is 14.6 Å². The lowest BCUT2D eigenvalue weighted by atomic mass is 9.78. The molecular weight excluding hydrogens is 306 g/mol. The van der Waals surface area contributed by atoms with Crippen LogP contribution in [0.5, 0.6) is 0 Å². The van der Waals surface area contributed by atoms with Gasteiger partial charge in [0.05, 0.1) is 12.0 Å². The highest BCUT2D eigenvalue weighted by molar-refractivity contribution is 5.86. The number of amides is 2. The highest BCUT2D eigenvalue weighted by atomic mass is 16.3. The average molecular weight is 331 g/mol. The Morgan fingerprint density at radius 2 is 2.17 bits per heavy atom. The molecule has 1 aromatic heterocycles. The topological polar surface area (TPSA) is 73.7 Å². The minimum absolute atomic E-state index is 0.00542. The van der Waals surface area contributed by atoms with Crippen LogP contribution in [0.15, 0.2) is 24.4 Å². The largest absolute Gasteiger partial charge is 0.395 e. The zero-order chi connectivity index (χ0) is 17.0. The Bertz CT molecular complexity index is 590. The molecule has 24 heavy (non-hydrogen) atoms. The van der Waals surface area contributed by atoms with Gasteiger partial charge in [-0.05, 0) is 37.8 Å². The van der Waals surface area contributed by atoms with E-state index in [1.807, 2.05) is 23.1 Å². The van der Waals surface area contributed by atoms with Gasteiger partial charge in [0, 0.05) is 44.5 Å². The first-order valence-corrected chi connectivity index (χ1v) is 8.72. The van der Waals surface area contributed by atoms with Gasteiger partial charge >= 0.3 is 0 Å². The van der Waals surface area contributed by atoms with Gasteiger partial charge in [0.2, 0.25) is 11.8 Å². The van der Waals surface area contributed by atoms with Crippen molar-refractivity contribution < 1.29 is 14.7 Å². The van der Waals surface area contributed by atoms with Crippen LogP contribution in [0.25, 0.3) is 0 Å². The number of nitrogens with zero attached hydrogens (tertiary/aromatic N) is 3. The predicted molar refractivity (Wildman–Crippen MR) is 89.1 cm³/mol. The van der Waals surface area contributed by atoms with E-state index in [0.29, 0.717) is 32.5 Å². The Labute approximate surface area is 142 Å². The minimum atomic E-state index is -0.423. The van der Waals surface area contributed by atoms with Crippen LogP contribution >= 0.6 is 0 Å². The highest BCUT2D eigenvalue weighted by Crippen LogP contribution is 2.40. The van der Waals surface area contributed by atoms with Crippen molar-refractivity contribution in [3.05, 3.63) is 30.1 Å². The van der Waals surface area contributed by atoms with Crippen LogP contribution in [0.1, 0.15) is 31.4 Å². The lowest BCUT2D eigenvalue weighted by Gasteiger charge is -2.39. The molecule has 1 aromatic rings. The number of piperidine rings is 1. The fourth-order valence-electron chi connectivity index (χ4n) is 3.89. The van der Waals surface area contributed by atoms with Gasteiger partial charge in [-0.15, -0.1) is 0 Å². The van der Waals surface area contributed by atoms with Crippen LogP contribution in [0.3, 0.4) is 0 Å². The molecule has 0 bridgehead atoms. The molecule has 130 valence electrons. The molecule has 0 unspecified atom stereocenters. The van der Waals surface area contributed by atoms with Crippen molar-refractivity contribution in [2.75, 3.05) is 32.8 Å². The SMILES string of the molecule is O=C(CCc1ccccn1)N1CC[C@@]2(CCCN(CCO)C2=O)C1. The molecule has 2 amide bonds. The quantitative estimate of drug-likeness (QED) is 0.868. The number of carbonyl (C=O) groups is 2. The number of aromatic nitrogens is 1. The van der Waals surface area contributed by atoms with Crippen molar-refractivity contribution in [3.8, 4) is 0 Å². The van der Waals surface area contributed by atoms with Crippen molar-refractivity contribution in [2.45, 2.75) is 32.1 Å². The molecule has 3 heterocycles. The second-order valence-electron chi connectivity index (χ2n) is 6.79. The van der Waals surface area contributed by atoms with Gasteiger partial charge in [0.15, 0.2) is 0 Å². The van der Waals surface area contributed by atoms with Gasteiger partial charge < -0.3 is 14.9 Å². The zero-order valence-electron chi connectivity index (χ0n) is 14.0. The van der Waals surface area contributed by atoms with E-state index >= 15 is 0 Å². The molecular formula is C18H25N3O3. The van der Waals surface area contributed by atoms with Crippen molar-refractivity contribution in [1.29, 1.82) is 0 Å². The normalized spacial score (nSPS) is 24.0. The molecule has 2 saturated heterocycles. The van der Waals surface area contributed by atoms with Gasteiger partial charge in [0.1, 0.15) is 0 Å². The minimum Gasteiger partial charge on any atom is -0.395 e. The molecule has 6 heteroatoms. The Kier molecular flexibility index (Phi) is 5.14. The summed E-state index contributed by atoms with van der Waals surface area (Å²) in [6.07, 6.45) is 5.33. The van der Waals surface area contributed by atoms with Crippen molar-refractivity contribution >= 4 is 11.8 Å². The summed E-state index contributed by atoms with van der Waals surface area (Å²) in [5, 5.41) is 9.12. The molecule has 2 aliphatic heterocycles. The number of hydrogen-bond donors (Lipinski definition) is 1. The van der Waals surface area contributed by atoms with Crippen LogP contribution in [-0.4, -0.2) is 64.5 Å². The fourth-order valence-corrected chi connectivity index (χ4v) is 3.89. The summed E-state index contributed by atoms with van der Waals surface area (Å²) < 4.78 is 0. The monoisotopic (exact) mass is 331 g/mol. The molecule has 2 fully saturated rings. The molecule has 0 saturated carbocycles. The van der Waals surface area contributed by atoms with E-state index in [0.717, 1.165) is 31.5 Å². The molecule has 1 N–H and O–H groups in total. The maximum Gasteiger partial charge on any atom is 0.230 e. The summed E-state index contributed by atoms with van der Waals surface area (Å²) in [5.74, 6) is 0.215. The molecule has 0 radical (unpaired) electrons. The number of aliphatic hydroxyl groups is 1. The van der Waals surface area contributed by atoms with Gasteiger partial charge in [0.25, 0.3) is 0 Å². The van der Waals surface area contributed by atoms with Crippen molar-refractivity contribution in [1.82, 2.24) is 14.8 Å². The maximum atomic E-state index is 12.8. The Morgan fingerprint density at radius 3 is 2.92 bits per heavy atom. The first kappa shape index (κ1) is 16.9. The summed E-state index contributed by atoms with van der Waals surface area (Å²) in [4.78, 5) is 33.1. The van der Waals surface area contributed by atoms with Crippen molar-refractivity contribution in [2.24, 2.45) is 5.41 Å². The number of β-amino-alcohol motifs (C(OH)–C–C–N with tert-alkyl or cyclic N) is 1. The van der Waals surface area contributed by atoms with E-state index in [2.05, 4.69) is 4.98 Å². The van der Waals surface area contributed by atoms with E-state index in [1.165, 1.54) is 0 Å². The number of hydrogen-bond acceptors (Lipinski definition) is 4. The van der Waals surface area contributed by atoms with Gasteiger partial charge in [-0.1, -0.05) is 6.07 Å². The molecule has 0 aliphatic carbocycles. The molecule has 3 rings (SSSR count). The van der Waals surface area contributed by atoms with Crippen molar-refractivity contribution in [3.63, 3.8) is 0 Å². The van der Waals surface area contributed by atoms with Gasteiger partial charge in [-0.25, -0.2) is 0 Å². The summed E-state index contributed by atoms with van der Waals surface area (Å²) in [6, 6.07) is 5.71. The van der Waals surface area contributed by atoms with E-state index in [9.17, 15) is 9.59 Å². The average Bonchev–Trinajstić information content (AvgIpc) is 3.03. The fraction of sp³-hybridized carbons (Fsp3) is 0.611. The third-order valence-corrected chi connectivity index (χ3v) is 5.22. The lowest BCUT2D eigenvalue weighted by molar-refractivity contribution is -0.146. The standard InChI is InChI=1S/C18H25N3O3/c22-13-12-20-10-3-7-18(17(20)24)8-11-21(14-18)16(23)6-5-15-4-1-2-9-19-15/h1-2,4,9,22H,3,5-8,10-14H2/t18-/m0/s1. The van der Waals surface area contributed by atoms with E-state index in [-0.39, 0.29) is 18.4 Å². The zero-order valence-corrected chi connectivity index (χ0v) is 14.0. The second kappa shape index (κ2) is 7.30. The van der Waals surface area contributed by atoms with Gasteiger partial charge in [-0.2, -0.15) is 0 Å². The highest BCUT2D eigenvalue weighted by Gasteiger charge is 2.49.